The van der Waals surface area contributed by atoms with E-state index in [4.69, 9.17) is 23.2 Å². The maximum atomic E-state index is 12.1. The Morgan fingerprint density at radius 2 is 2.14 bits per heavy atom. The predicted molar refractivity (Wildman–Crippen MR) is 81.4 cm³/mol. The Kier molecular flexibility index (Phi) is 3.87. The minimum Gasteiger partial charge on any atom is -0.318 e. The standard InChI is InChI=1S/C12H7Cl2N5OS/c13-7-2-3-9(19-5-1-4-15-19)8(6-7)16-10(20)11-17-18-12(14)21-11/h1-6H,(H,16,20). The fraction of sp³-hybridized carbons (Fsp3) is 0. The number of amides is 1. The quantitative estimate of drug-likeness (QED) is 0.794. The van der Waals surface area contributed by atoms with Crippen molar-refractivity contribution >= 4 is 46.1 Å². The molecular weight excluding hydrogens is 333 g/mol. The molecule has 2 heterocycles. The number of rotatable bonds is 3. The molecule has 0 saturated carbocycles. The van der Waals surface area contributed by atoms with E-state index < -0.39 is 5.91 Å². The lowest BCUT2D eigenvalue weighted by Crippen LogP contribution is -2.14. The number of anilines is 1. The van der Waals surface area contributed by atoms with Crippen molar-refractivity contribution in [2.75, 3.05) is 5.32 Å². The van der Waals surface area contributed by atoms with Gasteiger partial charge in [0, 0.05) is 17.4 Å². The Balaban J connectivity index is 1.94. The third-order valence-corrected chi connectivity index (χ3v) is 3.81. The molecule has 1 amide bonds. The van der Waals surface area contributed by atoms with Crippen molar-refractivity contribution in [2.24, 2.45) is 0 Å². The number of benzene rings is 1. The molecule has 0 fully saturated rings. The molecule has 21 heavy (non-hydrogen) atoms. The number of carbonyl (C=O) groups excluding carboxylic acids is 1. The van der Waals surface area contributed by atoms with Gasteiger partial charge in [0.1, 0.15) is 0 Å². The van der Waals surface area contributed by atoms with E-state index in [2.05, 4.69) is 20.6 Å². The largest absolute Gasteiger partial charge is 0.318 e. The number of halogens is 2. The van der Waals surface area contributed by atoms with Crippen molar-refractivity contribution in [3.05, 3.63) is 51.2 Å². The molecule has 3 rings (SSSR count). The Hall–Kier alpha value is -1.96. The van der Waals surface area contributed by atoms with Crippen LogP contribution in [0.5, 0.6) is 0 Å². The average Bonchev–Trinajstić information content (AvgIpc) is 3.10. The van der Waals surface area contributed by atoms with Crippen LogP contribution >= 0.6 is 34.5 Å². The smallest absolute Gasteiger partial charge is 0.286 e. The second-order valence-corrected chi connectivity index (χ2v) is 5.92. The molecule has 0 saturated heterocycles. The zero-order chi connectivity index (χ0) is 14.8. The summed E-state index contributed by atoms with van der Waals surface area (Å²) in [5.41, 5.74) is 1.20. The summed E-state index contributed by atoms with van der Waals surface area (Å²) < 4.78 is 1.83. The van der Waals surface area contributed by atoms with E-state index in [1.807, 2.05) is 0 Å². The van der Waals surface area contributed by atoms with Gasteiger partial charge in [-0.05, 0) is 35.9 Å². The second kappa shape index (κ2) is 5.80. The van der Waals surface area contributed by atoms with Gasteiger partial charge in [0.25, 0.3) is 5.91 Å². The molecule has 106 valence electrons. The summed E-state index contributed by atoms with van der Waals surface area (Å²) in [4.78, 5) is 12.1. The predicted octanol–water partition coefficient (Wildman–Crippen LogP) is 3.28. The van der Waals surface area contributed by atoms with E-state index in [1.54, 1.807) is 41.3 Å². The minimum absolute atomic E-state index is 0.173. The first-order valence-electron chi connectivity index (χ1n) is 5.73. The van der Waals surface area contributed by atoms with Crippen LogP contribution in [0.2, 0.25) is 9.49 Å². The zero-order valence-corrected chi connectivity index (χ0v) is 12.7. The lowest BCUT2D eigenvalue weighted by Gasteiger charge is -2.10. The van der Waals surface area contributed by atoms with Crippen LogP contribution in [0.3, 0.4) is 0 Å². The van der Waals surface area contributed by atoms with E-state index in [-0.39, 0.29) is 9.47 Å². The van der Waals surface area contributed by atoms with Gasteiger partial charge in [-0.2, -0.15) is 5.10 Å². The van der Waals surface area contributed by atoms with Gasteiger partial charge in [-0.15, -0.1) is 10.2 Å². The Morgan fingerprint density at radius 1 is 1.29 bits per heavy atom. The highest BCUT2D eigenvalue weighted by molar-refractivity contribution is 7.17. The molecule has 0 aliphatic carbocycles. The third kappa shape index (κ3) is 3.05. The molecule has 0 spiro atoms. The van der Waals surface area contributed by atoms with Crippen molar-refractivity contribution in [2.45, 2.75) is 0 Å². The summed E-state index contributed by atoms with van der Waals surface area (Å²) in [5.74, 6) is -0.407. The van der Waals surface area contributed by atoms with Crippen molar-refractivity contribution in [3.8, 4) is 5.69 Å². The normalized spacial score (nSPS) is 10.6. The Morgan fingerprint density at radius 3 is 2.81 bits per heavy atom. The van der Waals surface area contributed by atoms with Crippen LogP contribution in [-0.2, 0) is 0 Å². The number of aromatic nitrogens is 4. The van der Waals surface area contributed by atoms with Crippen LogP contribution in [0, 0.1) is 0 Å². The van der Waals surface area contributed by atoms with E-state index in [0.717, 1.165) is 11.3 Å². The summed E-state index contributed by atoms with van der Waals surface area (Å²) in [5, 5.41) is 14.8. The molecule has 9 heteroatoms. The zero-order valence-electron chi connectivity index (χ0n) is 10.3. The summed E-state index contributed by atoms with van der Waals surface area (Å²) in [7, 11) is 0. The molecule has 2 aromatic heterocycles. The molecule has 0 bridgehead atoms. The first-order valence-corrected chi connectivity index (χ1v) is 7.30. The average molecular weight is 340 g/mol. The van der Waals surface area contributed by atoms with Crippen molar-refractivity contribution in [3.63, 3.8) is 0 Å². The van der Waals surface area contributed by atoms with Crippen LogP contribution in [0.25, 0.3) is 5.69 Å². The van der Waals surface area contributed by atoms with Crippen LogP contribution < -0.4 is 5.32 Å². The molecule has 0 unspecified atom stereocenters. The van der Waals surface area contributed by atoms with Crippen molar-refractivity contribution < 1.29 is 4.79 Å². The molecule has 1 aromatic carbocycles. The van der Waals surface area contributed by atoms with E-state index >= 15 is 0 Å². The molecule has 0 atom stereocenters. The van der Waals surface area contributed by atoms with Gasteiger partial charge in [-0.3, -0.25) is 4.79 Å². The molecule has 0 aliphatic rings. The molecule has 0 aliphatic heterocycles. The lowest BCUT2D eigenvalue weighted by atomic mass is 10.2. The topological polar surface area (TPSA) is 72.7 Å². The van der Waals surface area contributed by atoms with Crippen LogP contribution in [-0.4, -0.2) is 25.9 Å². The minimum atomic E-state index is -0.407. The monoisotopic (exact) mass is 339 g/mol. The highest BCUT2D eigenvalue weighted by Gasteiger charge is 2.15. The van der Waals surface area contributed by atoms with Crippen LogP contribution in [0.15, 0.2) is 36.7 Å². The number of nitrogens with zero attached hydrogens (tertiary/aromatic N) is 4. The van der Waals surface area contributed by atoms with E-state index in [9.17, 15) is 4.79 Å². The van der Waals surface area contributed by atoms with Crippen molar-refractivity contribution in [1.29, 1.82) is 0 Å². The number of hydrogen-bond acceptors (Lipinski definition) is 5. The first-order chi connectivity index (χ1) is 10.1. The van der Waals surface area contributed by atoms with Gasteiger partial charge in [0.2, 0.25) is 9.47 Å². The van der Waals surface area contributed by atoms with Gasteiger partial charge in [-0.25, -0.2) is 4.68 Å². The summed E-state index contributed by atoms with van der Waals surface area (Å²) in [6.07, 6.45) is 3.41. The molecule has 6 nitrogen and oxygen atoms in total. The lowest BCUT2D eigenvalue weighted by molar-refractivity contribution is 0.102. The fourth-order valence-electron chi connectivity index (χ4n) is 1.69. The van der Waals surface area contributed by atoms with Gasteiger partial charge in [0.15, 0.2) is 0 Å². The molecular formula is C12H7Cl2N5OS. The SMILES string of the molecule is O=C(Nc1cc(Cl)ccc1-n1cccn1)c1nnc(Cl)s1. The number of carbonyl (C=O) groups is 1. The van der Waals surface area contributed by atoms with Crippen LogP contribution in [0.1, 0.15) is 9.80 Å². The first kappa shape index (κ1) is 14.0. The summed E-state index contributed by atoms with van der Waals surface area (Å²) >= 11 is 12.7. The Bertz CT molecular complexity index is 787. The van der Waals surface area contributed by atoms with Gasteiger partial charge in [0.05, 0.1) is 11.4 Å². The highest BCUT2D eigenvalue weighted by Crippen LogP contribution is 2.25. The molecule has 1 N–H and O–H groups in total. The number of nitrogens with one attached hydrogen (secondary N) is 1. The highest BCUT2D eigenvalue weighted by atomic mass is 35.5. The molecule has 0 radical (unpaired) electrons. The van der Waals surface area contributed by atoms with Gasteiger partial charge in [-0.1, -0.05) is 22.9 Å². The van der Waals surface area contributed by atoms with Crippen LogP contribution in [0.4, 0.5) is 5.69 Å². The van der Waals surface area contributed by atoms with Gasteiger partial charge >= 0.3 is 0 Å². The summed E-state index contributed by atoms with van der Waals surface area (Å²) in [6.45, 7) is 0. The maximum Gasteiger partial charge on any atom is 0.286 e. The summed E-state index contributed by atoms with van der Waals surface area (Å²) in [6, 6.07) is 6.90. The maximum absolute atomic E-state index is 12.1. The van der Waals surface area contributed by atoms with Crippen molar-refractivity contribution in [1.82, 2.24) is 20.0 Å². The number of hydrogen-bond donors (Lipinski definition) is 1. The van der Waals surface area contributed by atoms with Gasteiger partial charge < -0.3 is 5.32 Å². The molecule has 3 aromatic rings. The van der Waals surface area contributed by atoms with E-state index in [0.29, 0.717) is 16.4 Å². The fourth-order valence-corrected chi connectivity index (χ4v) is 2.59. The second-order valence-electron chi connectivity index (χ2n) is 3.93. The van der Waals surface area contributed by atoms with E-state index in [1.165, 1.54) is 0 Å². The third-order valence-electron chi connectivity index (χ3n) is 2.55. The Labute approximate surface area is 133 Å².